The van der Waals surface area contributed by atoms with Crippen molar-refractivity contribution in [3.05, 3.63) is 23.3 Å². The molecule has 14 heteroatoms. The maximum Gasteiger partial charge on any atom is 0.329 e. The van der Waals surface area contributed by atoms with Crippen molar-refractivity contribution >= 4 is 31.8 Å². The van der Waals surface area contributed by atoms with E-state index in [-0.39, 0.29) is 54.4 Å². The van der Waals surface area contributed by atoms with Gasteiger partial charge in [0, 0.05) is 44.9 Å². The van der Waals surface area contributed by atoms with Gasteiger partial charge in [-0.05, 0) is 114 Å². The molecular weight excluding hydrogens is 811 g/mol. The van der Waals surface area contributed by atoms with E-state index in [4.69, 9.17) is 23.4 Å². The fraction of sp³-hybridized carbons (Fsp3) is 0.833. The standard InChI is InChI=1S/C48H81NO12Si/c1-14-34-22-28(2)21-29(3)23-40(57-10)43-41(58-11)25-31(5)48(56,60-43)44(53)45(54)49-20-16-15-17-35(49)46(55)59-42(30(4)24-33-18-19-36(50)38(52)26-33)32(6)39(27-37(34)51)61-62(12,13)47(7,8)9/h22,24,29,31-36,38-43,50,52,56H,14-21,23,25-27H2,1-13H3/b28-22+,30-24?. The van der Waals surface area contributed by atoms with Gasteiger partial charge < -0.3 is 43.6 Å². The third-order valence-electron chi connectivity index (χ3n) is 14.8. The summed E-state index contributed by atoms with van der Waals surface area (Å²) in [6.07, 6.45) is 3.58. The summed E-state index contributed by atoms with van der Waals surface area (Å²) in [5.74, 6) is -7.15. The van der Waals surface area contributed by atoms with Crippen LogP contribution in [0, 0.1) is 29.6 Å². The maximum atomic E-state index is 14.7. The number of nitrogens with zero attached hydrogens (tertiary/aromatic N) is 1. The van der Waals surface area contributed by atoms with Crippen molar-refractivity contribution < 1.29 is 57.9 Å². The normalized spacial score (nSPS) is 39.3. The van der Waals surface area contributed by atoms with Crippen molar-refractivity contribution in [2.45, 2.75) is 206 Å². The maximum absolute atomic E-state index is 14.7. The van der Waals surface area contributed by atoms with Crippen LogP contribution in [0.4, 0.5) is 0 Å². The van der Waals surface area contributed by atoms with Crippen molar-refractivity contribution in [2.24, 2.45) is 29.6 Å². The van der Waals surface area contributed by atoms with Gasteiger partial charge in [0.25, 0.3) is 11.7 Å². The van der Waals surface area contributed by atoms with E-state index in [1.54, 1.807) is 21.1 Å². The molecule has 2 saturated heterocycles. The van der Waals surface area contributed by atoms with Gasteiger partial charge in [-0.2, -0.15) is 0 Å². The number of esters is 1. The van der Waals surface area contributed by atoms with Crippen LogP contribution in [0.2, 0.25) is 18.1 Å². The Labute approximate surface area is 372 Å². The molecule has 0 aromatic heterocycles. The van der Waals surface area contributed by atoms with Gasteiger partial charge in [0.15, 0.2) is 8.32 Å². The van der Waals surface area contributed by atoms with Gasteiger partial charge in [0.2, 0.25) is 5.79 Å². The molecular formula is C48H81NO12Si. The number of aliphatic hydroxyl groups is 3. The molecule has 1 amide bonds. The number of methoxy groups -OCH3 is 2. The minimum absolute atomic E-state index is 0.0290. The molecule has 3 fully saturated rings. The van der Waals surface area contributed by atoms with Crippen LogP contribution in [0.15, 0.2) is 23.3 Å². The molecule has 0 spiro atoms. The van der Waals surface area contributed by atoms with E-state index in [0.29, 0.717) is 56.9 Å². The first kappa shape index (κ1) is 52.3. The first-order valence-corrected chi connectivity index (χ1v) is 26.2. The molecule has 354 valence electrons. The lowest BCUT2D eigenvalue weighted by Crippen LogP contribution is -2.64. The number of amides is 1. The number of piperidine rings is 1. The molecule has 3 N–H and O–H groups in total. The Morgan fingerprint density at radius 3 is 2.18 bits per heavy atom. The Bertz CT molecular complexity index is 1620. The zero-order valence-corrected chi connectivity index (χ0v) is 41.1. The number of cyclic esters (lactones) is 1. The number of allylic oxidation sites excluding steroid dienone is 3. The van der Waals surface area contributed by atoms with E-state index in [9.17, 15) is 34.5 Å². The molecule has 3 aliphatic heterocycles. The van der Waals surface area contributed by atoms with Gasteiger partial charge >= 0.3 is 5.97 Å². The molecule has 4 rings (SSSR count). The highest BCUT2D eigenvalue weighted by molar-refractivity contribution is 6.74. The lowest BCUT2D eigenvalue weighted by molar-refractivity contribution is -0.302. The second-order valence-corrected chi connectivity index (χ2v) is 25.6. The van der Waals surface area contributed by atoms with E-state index >= 15 is 0 Å². The summed E-state index contributed by atoms with van der Waals surface area (Å²) in [5.41, 5.74) is 1.75. The molecule has 14 atom stereocenters. The second kappa shape index (κ2) is 21.8. The summed E-state index contributed by atoms with van der Waals surface area (Å²) in [7, 11) is 0.562. The van der Waals surface area contributed by atoms with Crippen molar-refractivity contribution in [1.29, 1.82) is 0 Å². The number of fused-ring (bicyclic) bond motifs is 3. The van der Waals surface area contributed by atoms with Crippen LogP contribution in [-0.2, 0) is 42.6 Å². The first-order valence-electron chi connectivity index (χ1n) is 23.3. The minimum Gasteiger partial charge on any atom is -0.456 e. The predicted molar refractivity (Wildman–Crippen MR) is 239 cm³/mol. The summed E-state index contributed by atoms with van der Waals surface area (Å²) >= 11 is 0. The Hall–Kier alpha value is -2.30. The van der Waals surface area contributed by atoms with E-state index in [2.05, 4.69) is 46.9 Å². The van der Waals surface area contributed by atoms with Crippen molar-refractivity contribution in [3.8, 4) is 0 Å². The van der Waals surface area contributed by atoms with Gasteiger partial charge in [-0.3, -0.25) is 14.4 Å². The van der Waals surface area contributed by atoms with Crippen LogP contribution in [-0.4, -0.2) is 127 Å². The molecule has 2 bridgehead atoms. The Balaban J connectivity index is 1.88. The largest absolute Gasteiger partial charge is 0.456 e. The van der Waals surface area contributed by atoms with E-state index < -0.39 is 92.4 Å². The van der Waals surface area contributed by atoms with Crippen LogP contribution in [0.25, 0.3) is 0 Å². The van der Waals surface area contributed by atoms with Gasteiger partial charge in [-0.1, -0.05) is 66.2 Å². The third kappa shape index (κ3) is 12.3. The molecule has 13 nitrogen and oxygen atoms in total. The summed E-state index contributed by atoms with van der Waals surface area (Å²) < 4.78 is 31.8. The fourth-order valence-electron chi connectivity index (χ4n) is 9.85. The lowest BCUT2D eigenvalue weighted by atomic mass is 9.81. The van der Waals surface area contributed by atoms with Crippen LogP contribution < -0.4 is 0 Å². The molecule has 1 aliphatic carbocycles. The summed E-state index contributed by atoms with van der Waals surface area (Å²) in [6, 6.07) is -1.12. The molecule has 0 aromatic rings. The highest BCUT2D eigenvalue weighted by atomic mass is 28.4. The third-order valence-corrected chi connectivity index (χ3v) is 19.3. The van der Waals surface area contributed by atoms with Crippen molar-refractivity contribution in [2.75, 3.05) is 20.8 Å². The SMILES string of the molecule is CCC1/C=C(\C)CC(C)CC(OC)C2OC(O)(C(=O)C(=O)N3CCCCC3C(=O)OC(C(C)=CC3CCC(O)C(O)C3)C(C)C(O[Si](C)(C)C(C)(C)C)CC1=O)C(C)CC2OC. The smallest absolute Gasteiger partial charge is 0.329 e. The first-order chi connectivity index (χ1) is 28.9. The van der Waals surface area contributed by atoms with E-state index in [1.807, 2.05) is 33.8 Å². The number of hydrogen-bond acceptors (Lipinski definition) is 12. The second-order valence-electron chi connectivity index (χ2n) is 20.8. The van der Waals surface area contributed by atoms with Crippen LogP contribution in [0.3, 0.4) is 0 Å². The predicted octanol–water partition coefficient (Wildman–Crippen LogP) is 6.85. The van der Waals surface area contributed by atoms with Gasteiger partial charge in [-0.15, -0.1) is 0 Å². The topological polar surface area (TPSA) is 178 Å². The number of rotatable bonds is 7. The summed E-state index contributed by atoms with van der Waals surface area (Å²) in [4.78, 5) is 59.3. The Kier molecular flexibility index (Phi) is 18.4. The zero-order chi connectivity index (χ0) is 46.5. The van der Waals surface area contributed by atoms with Gasteiger partial charge in [-0.25, -0.2) is 4.79 Å². The molecule has 4 aliphatic rings. The van der Waals surface area contributed by atoms with Crippen LogP contribution >= 0.6 is 0 Å². The molecule has 14 unspecified atom stereocenters. The molecule has 0 radical (unpaired) electrons. The number of carbonyl (C=O) groups is 4. The van der Waals surface area contributed by atoms with E-state index in [1.165, 1.54) is 4.90 Å². The fourth-order valence-corrected chi connectivity index (χ4v) is 11.3. The summed E-state index contributed by atoms with van der Waals surface area (Å²) in [6.45, 7) is 22.4. The summed E-state index contributed by atoms with van der Waals surface area (Å²) in [5, 5.41) is 32.8. The molecule has 62 heavy (non-hydrogen) atoms. The van der Waals surface area contributed by atoms with Crippen molar-refractivity contribution in [3.63, 3.8) is 0 Å². The monoisotopic (exact) mass is 892 g/mol. The van der Waals surface area contributed by atoms with Crippen LogP contribution in [0.1, 0.15) is 133 Å². The average molecular weight is 892 g/mol. The van der Waals surface area contributed by atoms with Crippen molar-refractivity contribution in [1.82, 2.24) is 4.90 Å². The molecule has 1 saturated carbocycles. The lowest BCUT2D eigenvalue weighted by Gasteiger charge is -2.47. The quantitative estimate of drug-likeness (QED) is 0.105. The number of aliphatic hydroxyl groups excluding tert-OH is 2. The minimum atomic E-state index is -2.53. The number of Topliss-reactive ketones (excluding diaryl/α,β-unsaturated/α-hetero) is 2. The molecule has 0 aromatic carbocycles. The van der Waals surface area contributed by atoms with Crippen LogP contribution in [0.5, 0.6) is 0 Å². The highest BCUT2D eigenvalue weighted by Gasteiger charge is 2.57. The highest BCUT2D eigenvalue weighted by Crippen LogP contribution is 2.42. The van der Waals surface area contributed by atoms with Gasteiger partial charge in [0.05, 0.1) is 30.5 Å². The van der Waals surface area contributed by atoms with E-state index in [0.717, 1.165) is 5.57 Å². The van der Waals surface area contributed by atoms with Gasteiger partial charge in [0.1, 0.15) is 24.0 Å². The Morgan fingerprint density at radius 2 is 1.58 bits per heavy atom. The Morgan fingerprint density at radius 1 is 0.935 bits per heavy atom. The number of hydrogen-bond donors (Lipinski definition) is 3. The average Bonchev–Trinajstić information content (AvgIpc) is 3.21. The number of ether oxygens (including phenoxy) is 4. The molecule has 3 heterocycles. The number of ketones is 2. The zero-order valence-electron chi connectivity index (χ0n) is 40.1. The number of carbonyl (C=O) groups excluding carboxylic acids is 4.